The van der Waals surface area contributed by atoms with Crippen LogP contribution in [0.4, 0.5) is 5.69 Å². The maximum absolute atomic E-state index is 12.2. The molecule has 0 atom stereocenters. The maximum atomic E-state index is 12.2. The number of hydrogen-bond acceptors (Lipinski definition) is 3. The smallest absolute Gasteiger partial charge is 0.226 e. The summed E-state index contributed by atoms with van der Waals surface area (Å²) in [6, 6.07) is 7.62. The monoisotopic (exact) mass is 435 g/mol. The van der Waals surface area contributed by atoms with Crippen LogP contribution in [-0.2, 0) is 17.9 Å². The Balaban J connectivity index is 1.55. The molecule has 0 aliphatic carbocycles. The van der Waals surface area contributed by atoms with Crippen molar-refractivity contribution in [2.24, 2.45) is 0 Å². The molecule has 0 bridgehead atoms. The average molecular weight is 437 g/mol. The Kier molecular flexibility index (Phi) is 5.78. The number of halogens is 2. The molecule has 0 aliphatic rings. The molecule has 8 heteroatoms. The number of aryl methyl sites for hydroxylation is 2. The second-order valence-corrected chi connectivity index (χ2v) is 7.29. The molecule has 1 amide bonds. The Hall–Kier alpha value is -2.12. The van der Waals surface area contributed by atoms with Gasteiger partial charge >= 0.3 is 0 Å². The minimum absolute atomic E-state index is 0.0732. The zero-order valence-electron chi connectivity index (χ0n) is 14.5. The molecule has 2 heterocycles. The van der Waals surface area contributed by atoms with E-state index >= 15 is 0 Å². The molecule has 26 heavy (non-hydrogen) atoms. The zero-order chi connectivity index (χ0) is 18.7. The third kappa shape index (κ3) is 4.53. The Morgan fingerprint density at radius 3 is 2.85 bits per heavy atom. The van der Waals surface area contributed by atoms with Crippen LogP contribution in [0.3, 0.4) is 0 Å². The molecule has 1 N–H and O–H groups in total. The lowest BCUT2D eigenvalue weighted by Crippen LogP contribution is -2.15. The lowest BCUT2D eigenvalue weighted by Gasteiger charge is -2.05. The van der Waals surface area contributed by atoms with Gasteiger partial charge in [0.2, 0.25) is 5.91 Å². The van der Waals surface area contributed by atoms with Gasteiger partial charge in [0.25, 0.3) is 0 Å². The molecule has 3 rings (SSSR count). The van der Waals surface area contributed by atoms with Crippen LogP contribution in [0.2, 0.25) is 5.02 Å². The lowest BCUT2D eigenvalue weighted by atomic mass is 10.2. The standard InChI is InChI=1S/C18H19BrClN5O/c1-12-18(19)13(2)25(23-12)7-6-17(26)22-16-9-21-24(11-16)10-14-4-3-5-15(20)8-14/h3-5,8-9,11H,6-7,10H2,1-2H3,(H,22,26). The van der Waals surface area contributed by atoms with Crippen LogP contribution >= 0.6 is 27.5 Å². The van der Waals surface area contributed by atoms with E-state index in [1.54, 1.807) is 17.1 Å². The van der Waals surface area contributed by atoms with Crippen molar-refractivity contribution in [3.05, 3.63) is 63.1 Å². The van der Waals surface area contributed by atoms with Crippen LogP contribution < -0.4 is 5.32 Å². The number of nitrogens with zero attached hydrogens (tertiary/aromatic N) is 4. The van der Waals surface area contributed by atoms with Gasteiger partial charge in [-0.15, -0.1) is 0 Å². The van der Waals surface area contributed by atoms with E-state index < -0.39 is 0 Å². The van der Waals surface area contributed by atoms with Gasteiger partial charge in [0.1, 0.15) is 0 Å². The molecule has 6 nitrogen and oxygen atoms in total. The van der Waals surface area contributed by atoms with E-state index in [0.717, 1.165) is 21.4 Å². The highest BCUT2D eigenvalue weighted by Gasteiger charge is 2.11. The number of hydrogen-bond donors (Lipinski definition) is 1. The molecule has 0 saturated carbocycles. The quantitative estimate of drug-likeness (QED) is 0.630. The van der Waals surface area contributed by atoms with Crippen LogP contribution in [0.15, 0.2) is 41.1 Å². The molecule has 0 unspecified atom stereocenters. The fraction of sp³-hybridized carbons (Fsp3) is 0.278. The number of aromatic nitrogens is 4. The van der Waals surface area contributed by atoms with Gasteiger partial charge in [-0.05, 0) is 47.5 Å². The largest absolute Gasteiger partial charge is 0.323 e. The molecule has 3 aromatic rings. The number of rotatable bonds is 6. The van der Waals surface area contributed by atoms with Crippen LogP contribution in [0.25, 0.3) is 0 Å². The van der Waals surface area contributed by atoms with E-state index in [0.29, 0.717) is 30.2 Å². The molecule has 0 aliphatic heterocycles. The first-order valence-electron chi connectivity index (χ1n) is 8.18. The SMILES string of the molecule is Cc1nn(CCC(=O)Nc2cnn(Cc3cccc(Cl)c3)c2)c(C)c1Br. The second kappa shape index (κ2) is 8.05. The number of anilines is 1. The van der Waals surface area contributed by atoms with Crippen molar-refractivity contribution in [1.82, 2.24) is 19.6 Å². The summed E-state index contributed by atoms with van der Waals surface area (Å²) in [4.78, 5) is 12.2. The summed E-state index contributed by atoms with van der Waals surface area (Å²) < 4.78 is 4.58. The van der Waals surface area contributed by atoms with E-state index in [2.05, 4.69) is 31.4 Å². The third-order valence-electron chi connectivity index (χ3n) is 3.99. The molecule has 0 radical (unpaired) electrons. The van der Waals surface area contributed by atoms with E-state index in [9.17, 15) is 4.79 Å². The van der Waals surface area contributed by atoms with E-state index in [-0.39, 0.29) is 5.91 Å². The summed E-state index contributed by atoms with van der Waals surface area (Å²) in [5.41, 5.74) is 3.66. The summed E-state index contributed by atoms with van der Waals surface area (Å²) >= 11 is 9.49. The third-order valence-corrected chi connectivity index (χ3v) is 5.38. The minimum atomic E-state index is -0.0732. The van der Waals surface area contributed by atoms with E-state index in [1.165, 1.54) is 0 Å². The highest BCUT2D eigenvalue weighted by Crippen LogP contribution is 2.20. The van der Waals surface area contributed by atoms with Crippen molar-refractivity contribution in [1.29, 1.82) is 0 Å². The molecule has 1 aromatic carbocycles. The molecular formula is C18H19BrClN5O. The van der Waals surface area contributed by atoms with Gasteiger partial charge in [-0.1, -0.05) is 23.7 Å². The predicted molar refractivity (Wildman–Crippen MR) is 105 cm³/mol. The first-order valence-corrected chi connectivity index (χ1v) is 9.35. The predicted octanol–water partition coefficient (Wildman–Crippen LogP) is 4.19. The number of amides is 1. The number of nitrogens with one attached hydrogen (secondary N) is 1. The maximum Gasteiger partial charge on any atom is 0.226 e. The van der Waals surface area contributed by atoms with Gasteiger partial charge in [0, 0.05) is 23.3 Å². The Morgan fingerprint density at radius 1 is 1.35 bits per heavy atom. The summed E-state index contributed by atoms with van der Waals surface area (Å²) in [7, 11) is 0. The van der Waals surface area contributed by atoms with Crippen molar-refractivity contribution >= 4 is 39.1 Å². The number of carbonyl (C=O) groups is 1. The van der Waals surface area contributed by atoms with Gasteiger partial charge in [0.15, 0.2) is 0 Å². The minimum Gasteiger partial charge on any atom is -0.323 e. The molecule has 2 aromatic heterocycles. The summed E-state index contributed by atoms with van der Waals surface area (Å²) in [6.45, 7) is 5.03. The van der Waals surface area contributed by atoms with Crippen molar-refractivity contribution in [3.63, 3.8) is 0 Å². The summed E-state index contributed by atoms with van der Waals surface area (Å²) in [5, 5.41) is 12.2. The molecular weight excluding hydrogens is 418 g/mol. The summed E-state index contributed by atoms with van der Waals surface area (Å²) in [6.07, 6.45) is 3.79. The number of benzene rings is 1. The molecule has 0 fully saturated rings. The van der Waals surface area contributed by atoms with E-state index in [4.69, 9.17) is 11.6 Å². The number of carbonyl (C=O) groups excluding carboxylic acids is 1. The van der Waals surface area contributed by atoms with E-state index in [1.807, 2.05) is 42.8 Å². The van der Waals surface area contributed by atoms with Crippen LogP contribution in [-0.4, -0.2) is 25.5 Å². The second-order valence-electron chi connectivity index (χ2n) is 6.06. The van der Waals surface area contributed by atoms with Gasteiger partial charge < -0.3 is 5.32 Å². The van der Waals surface area contributed by atoms with Gasteiger partial charge in [-0.2, -0.15) is 10.2 Å². The highest BCUT2D eigenvalue weighted by molar-refractivity contribution is 9.10. The topological polar surface area (TPSA) is 64.7 Å². The van der Waals surface area contributed by atoms with Gasteiger partial charge in [0.05, 0.1) is 35.1 Å². The average Bonchev–Trinajstić information content (AvgIpc) is 3.12. The highest BCUT2D eigenvalue weighted by atomic mass is 79.9. The Labute approximate surface area is 165 Å². The van der Waals surface area contributed by atoms with Crippen molar-refractivity contribution in [3.8, 4) is 0 Å². The Morgan fingerprint density at radius 2 is 2.15 bits per heavy atom. The van der Waals surface area contributed by atoms with Crippen LogP contribution in [0.1, 0.15) is 23.4 Å². The molecule has 136 valence electrons. The lowest BCUT2D eigenvalue weighted by molar-refractivity contribution is -0.116. The normalized spacial score (nSPS) is 10.9. The van der Waals surface area contributed by atoms with Crippen molar-refractivity contribution in [2.45, 2.75) is 33.4 Å². The van der Waals surface area contributed by atoms with Crippen molar-refractivity contribution in [2.75, 3.05) is 5.32 Å². The molecule has 0 saturated heterocycles. The molecule has 0 spiro atoms. The van der Waals surface area contributed by atoms with Crippen LogP contribution in [0, 0.1) is 13.8 Å². The van der Waals surface area contributed by atoms with Crippen molar-refractivity contribution < 1.29 is 4.79 Å². The fourth-order valence-corrected chi connectivity index (χ4v) is 3.16. The first-order chi connectivity index (χ1) is 12.4. The van der Waals surface area contributed by atoms with Crippen LogP contribution in [0.5, 0.6) is 0 Å². The first kappa shape index (κ1) is 18.7. The zero-order valence-corrected chi connectivity index (χ0v) is 16.9. The Bertz CT molecular complexity index is 934. The van der Waals surface area contributed by atoms with Gasteiger partial charge in [-0.3, -0.25) is 14.2 Å². The fourth-order valence-electron chi connectivity index (χ4n) is 2.66. The summed E-state index contributed by atoms with van der Waals surface area (Å²) in [5.74, 6) is -0.0732. The van der Waals surface area contributed by atoms with Gasteiger partial charge in [-0.25, -0.2) is 0 Å².